The molecule has 4 N–H and O–H groups in total. The van der Waals surface area contributed by atoms with Gasteiger partial charge in [-0.25, -0.2) is 15.0 Å². The minimum Gasteiger partial charge on any atom is -0.394 e. The van der Waals surface area contributed by atoms with Crippen LogP contribution in [0.5, 0.6) is 0 Å². The summed E-state index contributed by atoms with van der Waals surface area (Å²) in [5.41, 5.74) is 1.15. The van der Waals surface area contributed by atoms with Gasteiger partial charge in [0.05, 0.1) is 12.9 Å². The highest BCUT2D eigenvalue weighted by Crippen LogP contribution is 2.45. The Labute approximate surface area is 150 Å². The topological polar surface area (TPSA) is 126 Å². The van der Waals surface area contributed by atoms with E-state index in [0.717, 1.165) is 5.92 Å². The minimum absolute atomic E-state index is 0.368. The SMILES string of the molecule is OC[C@H]1O[C@@H](n2cnc3c(NC4C[C@H]5CC[C@@H]4C5)ncnc32)[C@H](O)[C@@H]1O. The van der Waals surface area contributed by atoms with E-state index in [1.807, 2.05) is 0 Å². The van der Waals surface area contributed by atoms with Crippen molar-refractivity contribution >= 4 is 17.0 Å². The van der Waals surface area contributed by atoms with Crippen molar-refractivity contribution < 1.29 is 20.1 Å². The molecule has 9 nitrogen and oxygen atoms in total. The zero-order valence-electron chi connectivity index (χ0n) is 14.3. The van der Waals surface area contributed by atoms with Crippen molar-refractivity contribution in [3.63, 3.8) is 0 Å². The first kappa shape index (κ1) is 16.4. The molecule has 1 saturated heterocycles. The molecule has 26 heavy (non-hydrogen) atoms. The summed E-state index contributed by atoms with van der Waals surface area (Å²) in [6, 6.07) is 0.422. The van der Waals surface area contributed by atoms with E-state index in [9.17, 15) is 15.3 Å². The van der Waals surface area contributed by atoms with Crippen LogP contribution in [0.25, 0.3) is 11.2 Å². The number of hydrogen-bond donors (Lipinski definition) is 4. The van der Waals surface area contributed by atoms with E-state index in [2.05, 4.69) is 20.3 Å². The Kier molecular flexibility index (Phi) is 3.85. The van der Waals surface area contributed by atoms with Gasteiger partial charge in [-0.3, -0.25) is 4.57 Å². The zero-order valence-corrected chi connectivity index (χ0v) is 14.3. The smallest absolute Gasteiger partial charge is 0.167 e. The van der Waals surface area contributed by atoms with Gasteiger partial charge in [0.15, 0.2) is 23.2 Å². The number of imidazole rings is 1. The van der Waals surface area contributed by atoms with Crippen LogP contribution in [0.4, 0.5) is 5.82 Å². The predicted octanol–water partition coefficient (Wildman–Crippen LogP) is 0.0383. The normalized spacial score (nSPS) is 39.1. The number of nitrogens with zero attached hydrogens (tertiary/aromatic N) is 4. The summed E-state index contributed by atoms with van der Waals surface area (Å²) in [5.74, 6) is 2.22. The molecule has 3 aliphatic rings. The van der Waals surface area contributed by atoms with Crippen LogP contribution >= 0.6 is 0 Å². The largest absolute Gasteiger partial charge is 0.394 e. The van der Waals surface area contributed by atoms with Crippen molar-refractivity contribution in [2.45, 2.75) is 56.3 Å². The molecule has 5 rings (SSSR count). The molecule has 140 valence electrons. The molecule has 2 aliphatic carbocycles. The molecular weight excluding hydrogens is 338 g/mol. The molecule has 3 fully saturated rings. The summed E-state index contributed by atoms with van der Waals surface area (Å²) in [6.45, 7) is -0.368. The number of anilines is 1. The van der Waals surface area contributed by atoms with Gasteiger partial charge in [0.2, 0.25) is 0 Å². The Morgan fingerprint density at radius 1 is 1.15 bits per heavy atom. The van der Waals surface area contributed by atoms with E-state index in [4.69, 9.17) is 4.74 Å². The highest BCUT2D eigenvalue weighted by atomic mass is 16.6. The Hall–Kier alpha value is -1.81. The molecule has 3 heterocycles. The van der Waals surface area contributed by atoms with Crippen LogP contribution in [0.1, 0.15) is 31.9 Å². The number of ether oxygens (including phenoxy) is 1. The molecule has 2 saturated carbocycles. The Morgan fingerprint density at radius 2 is 2.04 bits per heavy atom. The first-order valence-corrected chi connectivity index (χ1v) is 9.22. The van der Waals surface area contributed by atoms with E-state index in [1.54, 1.807) is 4.57 Å². The van der Waals surface area contributed by atoms with E-state index in [1.165, 1.54) is 38.3 Å². The fourth-order valence-corrected chi connectivity index (χ4v) is 4.85. The van der Waals surface area contributed by atoms with E-state index in [-0.39, 0.29) is 6.61 Å². The molecule has 7 atom stereocenters. The summed E-state index contributed by atoms with van der Waals surface area (Å²) in [7, 11) is 0. The predicted molar refractivity (Wildman–Crippen MR) is 91.2 cm³/mol. The number of fused-ring (bicyclic) bond motifs is 3. The molecule has 2 aromatic rings. The van der Waals surface area contributed by atoms with Crippen molar-refractivity contribution in [2.24, 2.45) is 11.8 Å². The molecule has 2 aromatic heterocycles. The Balaban J connectivity index is 1.44. The molecule has 0 radical (unpaired) electrons. The van der Waals surface area contributed by atoms with Gasteiger partial charge in [0.1, 0.15) is 24.6 Å². The van der Waals surface area contributed by atoms with Gasteiger partial charge < -0.3 is 25.4 Å². The summed E-state index contributed by atoms with van der Waals surface area (Å²) in [5, 5.41) is 33.1. The van der Waals surface area contributed by atoms with Gasteiger partial charge in [-0.15, -0.1) is 0 Å². The third-order valence-electron chi connectivity index (χ3n) is 6.21. The number of rotatable bonds is 4. The van der Waals surface area contributed by atoms with Crippen LogP contribution in [-0.4, -0.2) is 65.8 Å². The molecule has 9 heteroatoms. The highest BCUT2D eigenvalue weighted by Gasteiger charge is 2.44. The molecule has 0 aromatic carbocycles. The molecular formula is C17H23N5O4. The van der Waals surface area contributed by atoms with Crippen molar-refractivity contribution in [1.82, 2.24) is 19.5 Å². The second-order valence-electron chi connectivity index (χ2n) is 7.70. The maximum atomic E-state index is 10.3. The monoisotopic (exact) mass is 361 g/mol. The third-order valence-corrected chi connectivity index (χ3v) is 6.21. The number of aliphatic hydroxyl groups excluding tert-OH is 3. The van der Waals surface area contributed by atoms with Crippen molar-refractivity contribution in [1.29, 1.82) is 0 Å². The number of nitrogens with one attached hydrogen (secondary N) is 1. The average molecular weight is 361 g/mol. The second-order valence-corrected chi connectivity index (χ2v) is 7.70. The van der Waals surface area contributed by atoms with Crippen LogP contribution < -0.4 is 5.32 Å². The third kappa shape index (κ3) is 2.42. The quantitative estimate of drug-likeness (QED) is 0.601. The van der Waals surface area contributed by atoms with E-state index < -0.39 is 24.5 Å². The lowest BCUT2D eigenvalue weighted by atomic mass is 9.95. The maximum Gasteiger partial charge on any atom is 0.167 e. The summed E-state index contributed by atoms with van der Waals surface area (Å²) < 4.78 is 7.18. The lowest BCUT2D eigenvalue weighted by Crippen LogP contribution is -2.33. The lowest BCUT2D eigenvalue weighted by Gasteiger charge is -2.23. The molecule has 2 bridgehead atoms. The summed E-state index contributed by atoms with van der Waals surface area (Å²) in [6.07, 6.45) is 4.07. The van der Waals surface area contributed by atoms with Crippen molar-refractivity contribution in [3.8, 4) is 0 Å². The van der Waals surface area contributed by atoms with Gasteiger partial charge in [-0.05, 0) is 31.1 Å². The Bertz CT molecular complexity index is 814. The maximum absolute atomic E-state index is 10.3. The lowest BCUT2D eigenvalue weighted by molar-refractivity contribution is -0.0511. The summed E-state index contributed by atoms with van der Waals surface area (Å²) >= 11 is 0. The van der Waals surface area contributed by atoms with Gasteiger partial charge in [0, 0.05) is 6.04 Å². The first-order valence-electron chi connectivity index (χ1n) is 9.22. The minimum atomic E-state index is -1.17. The van der Waals surface area contributed by atoms with Crippen molar-refractivity contribution in [3.05, 3.63) is 12.7 Å². The van der Waals surface area contributed by atoms with Crippen LogP contribution in [0.3, 0.4) is 0 Å². The summed E-state index contributed by atoms with van der Waals surface area (Å²) in [4.78, 5) is 13.1. The first-order chi connectivity index (χ1) is 12.7. The van der Waals surface area contributed by atoms with Crippen LogP contribution in [-0.2, 0) is 4.74 Å². The van der Waals surface area contributed by atoms with Gasteiger partial charge in [-0.2, -0.15) is 0 Å². The van der Waals surface area contributed by atoms with Crippen LogP contribution in [0.15, 0.2) is 12.7 Å². The molecule has 0 amide bonds. The molecule has 1 unspecified atom stereocenters. The van der Waals surface area contributed by atoms with Gasteiger partial charge in [-0.1, -0.05) is 6.42 Å². The van der Waals surface area contributed by atoms with E-state index >= 15 is 0 Å². The van der Waals surface area contributed by atoms with Crippen LogP contribution in [0, 0.1) is 11.8 Å². The fraction of sp³-hybridized carbons (Fsp3) is 0.706. The van der Waals surface area contributed by atoms with Crippen molar-refractivity contribution in [2.75, 3.05) is 11.9 Å². The zero-order chi connectivity index (χ0) is 17.8. The molecule has 0 spiro atoms. The molecule has 1 aliphatic heterocycles. The average Bonchev–Trinajstić information content (AvgIpc) is 3.41. The number of hydrogen-bond acceptors (Lipinski definition) is 8. The second kappa shape index (κ2) is 6.12. The van der Waals surface area contributed by atoms with Gasteiger partial charge in [0.25, 0.3) is 0 Å². The Morgan fingerprint density at radius 3 is 2.73 bits per heavy atom. The van der Waals surface area contributed by atoms with Crippen LogP contribution in [0.2, 0.25) is 0 Å². The number of aromatic nitrogens is 4. The fourth-order valence-electron chi connectivity index (χ4n) is 4.85. The highest BCUT2D eigenvalue weighted by molar-refractivity contribution is 5.82. The van der Waals surface area contributed by atoms with E-state index in [0.29, 0.717) is 28.9 Å². The standard InChI is InChI=1S/C17H23N5O4/c23-5-11-13(24)14(25)17(26-11)22-7-20-12-15(18-6-19-16(12)22)21-10-4-8-1-2-9(10)3-8/h6-11,13-14,17,23-25H,1-5H2,(H,18,19,21)/t8-,9+,10?,11+,13+,14+,17+/m0/s1. The van der Waals surface area contributed by atoms with Gasteiger partial charge >= 0.3 is 0 Å². The number of aliphatic hydroxyl groups is 3.